The summed E-state index contributed by atoms with van der Waals surface area (Å²) < 4.78 is 5.05. The lowest BCUT2D eigenvalue weighted by atomic mass is 10.2. The van der Waals surface area contributed by atoms with Gasteiger partial charge < -0.3 is 14.9 Å². The van der Waals surface area contributed by atoms with Crippen LogP contribution in [0.3, 0.4) is 0 Å². The number of aromatic hydroxyl groups is 2. The van der Waals surface area contributed by atoms with E-state index < -0.39 is 0 Å². The van der Waals surface area contributed by atoms with Crippen LogP contribution in [0.15, 0.2) is 47.6 Å². The highest BCUT2D eigenvalue weighted by molar-refractivity contribution is 5.84. The molecule has 0 bridgehead atoms. The Labute approximate surface area is 110 Å². The molecule has 0 heterocycles. The Morgan fingerprint density at radius 2 is 1.84 bits per heavy atom. The first-order valence-electron chi connectivity index (χ1n) is 5.64. The minimum atomic E-state index is -0.0275. The molecule has 5 heteroatoms. The van der Waals surface area contributed by atoms with Crippen molar-refractivity contribution >= 4 is 11.9 Å². The van der Waals surface area contributed by atoms with Crippen molar-refractivity contribution in [3.8, 4) is 17.2 Å². The molecule has 0 atom stereocenters. The van der Waals surface area contributed by atoms with Crippen molar-refractivity contribution in [3.05, 3.63) is 48.0 Å². The lowest BCUT2D eigenvalue weighted by Gasteiger charge is -2.03. The predicted molar refractivity (Wildman–Crippen MR) is 74.0 cm³/mol. The molecule has 2 aromatic rings. The largest absolute Gasteiger partial charge is 0.508 e. The predicted octanol–water partition coefficient (Wildman–Crippen LogP) is 2.55. The molecule has 0 unspecified atom stereocenters. The monoisotopic (exact) mass is 258 g/mol. The summed E-state index contributed by atoms with van der Waals surface area (Å²) in [5, 5.41) is 22.7. The zero-order chi connectivity index (χ0) is 13.7. The minimum absolute atomic E-state index is 0.0118. The smallest absolute Gasteiger partial charge is 0.128 e. The second-order valence-electron chi connectivity index (χ2n) is 3.84. The first-order chi connectivity index (χ1) is 9.19. The van der Waals surface area contributed by atoms with Crippen molar-refractivity contribution in [2.45, 2.75) is 0 Å². The summed E-state index contributed by atoms with van der Waals surface area (Å²) in [6, 6.07) is 11.6. The fourth-order valence-electron chi connectivity index (χ4n) is 1.48. The number of anilines is 1. The molecule has 0 aliphatic rings. The number of phenols is 2. The number of nitrogens with one attached hydrogen (secondary N) is 1. The van der Waals surface area contributed by atoms with Gasteiger partial charge >= 0.3 is 0 Å². The number of rotatable bonds is 4. The van der Waals surface area contributed by atoms with E-state index in [1.807, 2.05) is 24.3 Å². The highest BCUT2D eigenvalue weighted by Gasteiger charge is 1.98. The maximum Gasteiger partial charge on any atom is 0.128 e. The van der Waals surface area contributed by atoms with Crippen LogP contribution >= 0.6 is 0 Å². The third kappa shape index (κ3) is 3.38. The Morgan fingerprint density at radius 3 is 2.47 bits per heavy atom. The van der Waals surface area contributed by atoms with E-state index in [1.165, 1.54) is 18.3 Å². The zero-order valence-corrected chi connectivity index (χ0v) is 10.4. The summed E-state index contributed by atoms with van der Waals surface area (Å²) in [6.07, 6.45) is 1.47. The first-order valence-corrected chi connectivity index (χ1v) is 5.64. The van der Waals surface area contributed by atoms with Gasteiger partial charge in [0.2, 0.25) is 0 Å². The normalized spacial score (nSPS) is 10.6. The van der Waals surface area contributed by atoms with Gasteiger partial charge in [-0.05, 0) is 36.4 Å². The molecule has 0 amide bonds. The molecule has 0 aliphatic heterocycles. The van der Waals surface area contributed by atoms with Crippen LogP contribution in [0.25, 0.3) is 0 Å². The van der Waals surface area contributed by atoms with E-state index in [-0.39, 0.29) is 11.5 Å². The van der Waals surface area contributed by atoms with E-state index in [1.54, 1.807) is 13.2 Å². The van der Waals surface area contributed by atoms with Crippen molar-refractivity contribution in [1.82, 2.24) is 0 Å². The minimum Gasteiger partial charge on any atom is -0.508 e. The summed E-state index contributed by atoms with van der Waals surface area (Å²) in [5.74, 6) is 0.753. The Bertz CT molecular complexity index is 580. The van der Waals surface area contributed by atoms with Crippen LogP contribution < -0.4 is 10.2 Å². The van der Waals surface area contributed by atoms with Crippen molar-refractivity contribution in [2.75, 3.05) is 12.5 Å². The Hall–Kier alpha value is -2.69. The maximum absolute atomic E-state index is 9.56. The highest BCUT2D eigenvalue weighted by atomic mass is 16.5. The van der Waals surface area contributed by atoms with Gasteiger partial charge in [0.1, 0.15) is 17.2 Å². The quantitative estimate of drug-likeness (QED) is 0.582. The van der Waals surface area contributed by atoms with Gasteiger partial charge in [-0.3, -0.25) is 5.43 Å². The van der Waals surface area contributed by atoms with E-state index >= 15 is 0 Å². The van der Waals surface area contributed by atoms with E-state index in [0.29, 0.717) is 5.56 Å². The van der Waals surface area contributed by atoms with Gasteiger partial charge in [0.15, 0.2) is 0 Å². The van der Waals surface area contributed by atoms with Gasteiger partial charge in [-0.15, -0.1) is 0 Å². The van der Waals surface area contributed by atoms with E-state index in [0.717, 1.165) is 11.4 Å². The molecule has 3 N–H and O–H groups in total. The molecule has 0 radical (unpaired) electrons. The van der Waals surface area contributed by atoms with Gasteiger partial charge in [-0.2, -0.15) is 5.10 Å². The van der Waals surface area contributed by atoms with Crippen molar-refractivity contribution in [2.24, 2.45) is 5.10 Å². The van der Waals surface area contributed by atoms with Gasteiger partial charge in [0.05, 0.1) is 19.0 Å². The summed E-state index contributed by atoms with van der Waals surface area (Å²) >= 11 is 0. The average Bonchev–Trinajstić information content (AvgIpc) is 2.42. The molecule has 98 valence electrons. The molecule has 0 saturated carbocycles. The molecule has 2 rings (SSSR count). The molecule has 0 fully saturated rings. The van der Waals surface area contributed by atoms with E-state index in [4.69, 9.17) is 9.84 Å². The Kier molecular flexibility index (Phi) is 3.87. The number of hydrogen-bond acceptors (Lipinski definition) is 5. The topological polar surface area (TPSA) is 74.1 Å². The van der Waals surface area contributed by atoms with Crippen LogP contribution in [0.4, 0.5) is 5.69 Å². The fraction of sp³-hybridized carbons (Fsp3) is 0.0714. The number of hydrogen-bond donors (Lipinski definition) is 3. The van der Waals surface area contributed by atoms with Crippen LogP contribution in [-0.4, -0.2) is 23.5 Å². The summed E-state index contributed by atoms with van der Waals surface area (Å²) in [5.41, 5.74) is 4.14. The summed E-state index contributed by atoms with van der Waals surface area (Å²) in [6.45, 7) is 0. The molecule has 0 aliphatic carbocycles. The molecule has 0 aromatic heterocycles. The molecule has 5 nitrogen and oxygen atoms in total. The third-order valence-corrected chi connectivity index (χ3v) is 2.50. The van der Waals surface area contributed by atoms with Gasteiger partial charge in [-0.1, -0.05) is 0 Å². The Balaban J connectivity index is 2.02. The van der Waals surface area contributed by atoms with Crippen molar-refractivity contribution < 1.29 is 14.9 Å². The van der Waals surface area contributed by atoms with Crippen LogP contribution in [0, 0.1) is 0 Å². The fourth-order valence-corrected chi connectivity index (χ4v) is 1.48. The Morgan fingerprint density at radius 1 is 1.11 bits per heavy atom. The van der Waals surface area contributed by atoms with E-state index in [9.17, 15) is 5.11 Å². The van der Waals surface area contributed by atoms with Gasteiger partial charge in [-0.25, -0.2) is 0 Å². The van der Waals surface area contributed by atoms with Crippen LogP contribution in [0.1, 0.15) is 5.56 Å². The number of ether oxygens (including phenoxy) is 1. The van der Waals surface area contributed by atoms with Crippen LogP contribution in [-0.2, 0) is 0 Å². The molecule has 19 heavy (non-hydrogen) atoms. The maximum atomic E-state index is 9.56. The number of nitrogens with zero attached hydrogens (tertiary/aromatic N) is 1. The zero-order valence-electron chi connectivity index (χ0n) is 10.4. The van der Waals surface area contributed by atoms with Gasteiger partial charge in [0.25, 0.3) is 0 Å². The molecule has 0 saturated heterocycles. The van der Waals surface area contributed by atoms with Crippen molar-refractivity contribution in [1.29, 1.82) is 0 Å². The number of phenolic OH excluding ortho intramolecular Hbond substituents is 2. The second kappa shape index (κ2) is 5.77. The van der Waals surface area contributed by atoms with Gasteiger partial charge in [0, 0.05) is 11.6 Å². The molecular formula is C14H14N2O3. The highest BCUT2D eigenvalue weighted by Crippen LogP contribution is 2.21. The SMILES string of the molecule is COc1ccc(N/N=C/c2ccc(O)cc2O)cc1. The standard InChI is InChI=1S/C14H14N2O3/c1-19-13-6-3-11(4-7-13)16-15-9-10-2-5-12(17)8-14(10)18/h2-9,16-18H,1H3/b15-9+. The number of methoxy groups -OCH3 is 1. The molecular weight excluding hydrogens is 244 g/mol. The first kappa shape index (κ1) is 12.8. The summed E-state index contributed by atoms with van der Waals surface area (Å²) in [7, 11) is 1.61. The number of hydrazone groups is 1. The van der Waals surface area contributed by atoms with Crippen molar-refractivity contribution in [3.63, 3.8) is 0 Å². The van der Waals surface area contributed by atoms with E-state index in [2.05, 4.69) is 10.5 Å². The lowest BCUT2D eigenvalue weighted by Crippen LogP contribution is -1.91. The van der Waals surface area contributed by atoms with Crippen LogP contribution in [0.5, 0.6) is 17.2 Å². The molecule has 2 aromatic carbocycles. The average molecular weight is 258 g/mol. The number of benzene rings is 2. The lowest BCUT2D eigenvalue weighted by molar-refractivity contribution is 0.415. The summed E-state index contributed by atoms with van der Waals surface area (Å²) in [4.78, 5) is 0. The second-order valence-corrected chi connectivity index (χ2v) is 3.84. The third-order valence-electron chi connectivity index (χ3n) is 2.50. The van der Waals surface area contributed by atoms with Crippen LogP contribution in [0.2, 0.25) is 0 Å². The molecule has 0 spiro atoms.